The molecule has 1 aromatic heterocycles. The largest absolute Gasteiger partial charge is 0.497 e. The van der Waals surface area contributed by atoms with Gasteiger partial charge in [-0.15, -0.1) is 0 Å². The van der Waals surface area contributed by atoms with E-state index in [9.17, 15) is 26.4 Å². The number of Topliss-reactive ketones (excluding diaryl/α,β-unsaturated/α-hetero) is 1. The molecule has 1 heterocycles. The second kappa shape index (κ2) is 8.11. The maximum atomic E-state index is 13.3. The number of carbonyl (C=O) groups is 1. The van der Waals surface area contributed by atoms with E-state index in [0.717, 1.165) is 23.0 Å². The van der Waals surface area contributed by atoms with Crippen molar-refractivity contribution in [1.82, 2.24) is 9.55 Å². The molecule has 2 aromatic carbocycles. The quantitative estimate of drug-likeness (QED) is 0.517. The van der Waals surface area contributed by atoms with Crippen molar-refractivity contribution in [3.63, 3.8) is 0 Å². The monoisotopic (exact) mass is 458 g/mol. The Balaban J connectivity index is 1.94. The first-order valence-electron chi connectivity index (χ1n) is 8.34. The highest BCUT2D eigenvalue weighted by molar-refractivity contribution is 7.92. The van der Waals surface area contributed by atoms with Crippen LogP contribution in [0.15, 0.2) is 59.8 Å². The Hall–Kier alpha value is -2.85. The van der Waals surface area contributed by atoms with E-state index < -0.39 is 44.0 Å². The summed E-state index contributed by atoms with van der Waals surface area (Å²) in [4.78, 5) is 16.1. The lowest BCUT2D eigenvalue weighted by molar-refractivity contribution is -0.137. The van der Waals surface area contributed by atoms with Crippen LogP contribution >= 0.6 is 11.6 Å². The van der Waals surface area contributed by atoms with Crippen LogP contribution in [-0.4, -0.2) is 36.6 Å². The molecule has 0 saturated heterocycles. The first-order valence-corrected chi connectivity index (χ1v) is 10.4. The minimum Gasteiger partial charge on any atom is -0.497 e. The third-order valence-corrected chi connectivity index (χ3v) is 6.14. The summed E-state index contributed by atoms with van der Waals surface area (Å²) in [6.45, 7) is 0. The number of para-hydroxylation sites is 1. The molecule has 0 aliphatic carbocycles. The molecule has 0 fully saturated rings. The molecule has 0 saturated carbocycles. The summed E-state index contributed by atoms with van der Waals surface area (Å²) in [5.41, 5.74) is -1.76. The standard InChI is InChI=1S/C19H14ClF3N2O4S/c1-29-12-5-4-6-13(9-12)30(27,28)10-16(26)17-18(20)25(11-24-17)15-8-3-2-7-14(15)19(21,22)23/h2-9,11H,10H2,1H3. The van der Waals surface area contributed by atoms with Gasteiger partial charge in [0.2, 0.25) is 0 Å². The number of ether oxygens (including phenoxy) is 1. The molecule has 0 N–H and O–H groups in total. The highest BCUT2D eigenvalue weighted by Gasteiger charge is 2.34. The molecule has 0 amide bonds. The Morgan fingerprint density at radius 3 is 2.53 bits per heavy atom. The summed E-state index contributed by atoms with van der Waals surface area (Å²) in [6.07, 6.45) is -3.72. The molecular weight excluding hydrogens is 445 g/mol. The maximum absolute atomic E-state index is 13.3. The van der Waals surface area contributed by atoms with Gasteiger partial charge >= 0.3 is 6.18 Å². The molecule has 0 atom stereocenters. The third-order valence-electron chi connectivity index (χ3n) is 4.16. The number of rotatable bonds is 6. The number of alkyl halides is 3. The average molecular weight is 459 g/mol. The number of halogens is 4. The van der Waals surface area contributed by atoms with Gasteiger partial charge in [0, 0.05) is 0 Å². The lowest BCUT2D eigenvalue weighted by Gasteiger charge is -2.13. The Labute approximate surface area is 174 Å². The van der Waals surface area contributed by atoms with E-state index in [1.54, 1.807) is 0 Å². The van der Waals surface area contributed by atoms with Crippen LogP contribution in [0.25, 0.3) is 5.69 Å². The number of imidazole rings is 1. The van der Waals surface area contributed by atoms with Crippen molar-refractivity contribution >= 4 is 27.2 Å². The zero-order chi connectivity index (χ0) is 22.1. The van der Waals surface area contributed by atoms with Gasteiger partial charge in [-0.05, 0) is 30.3 Å². The van der Waals surface area contributed by atoms with Crippen molar-refractivity contribution in [3.05, 3.63) is 71.3 Å². The van der Waals surface area contributed by atoms with Crippen molar-refractivity contribution < 1.29 is 31.1 Å². The topological polar surface area (TPSA) is 78.3 Å². The fourth-order valence-electron chi connectivity index (χ4n) is 2.73. The van der Waals surface area contributed by atoms with Gasteiger partial charge in [-0.1, -0.05) is 29.8 Å². The molecule has 0 radical (unpaired) electrons. The predicted molar refractivity (Wildman–Crippen MR) is 103 cm³/mol. The van der Waals surface area contributed by atoms with Crippen LogP contribution < -0.4 is 4.74 Å². The van der Waals surface area contributed by atoms with Crippen LogP contribution in [0.4, 0.5) is 13.2 Å². The van der Waals surface area contributed by atoms with Gasteiger partial charge in [-0.2, -0.15) is 13.2 Å². The van der Waals surface area contributed by atoms with Crippen LogP contribution in [0.1, 0.15) is 16.1 Å². The van der Waals surface area contributed by atoms with Gasteiger partial charge in [0.15, 0.2) is 15.6 Å². The average Bonchev–Trinajstić information content (AvgIpc) is 3.08. The molecule has 0 spiro atoms. The summed E-state index contributed by atoms with van der Waals surface area (Å²) in [7, 11) is -2.70. The number of hydrogen-bond acceptors (Lipinski definition) is 5. The zero-order valence-corrected chi connectivity index (χ0v) is 16.9. The minimum absolute atomic E-state index is 0.145. The van der Waals surface area contributed by atoms with Gasteiger partial charge in [0.25, 0.3) is 0 Å². The summed E-state index contributed by atoms with van der Waals surface area (Å²) in [5, 5.41) is -0.419. The SMILES string of the molecule is COc1cccc(S(=O)(=O)CC(=O)c2ncn(-c3ccccc3C(F)(F)F)c2Cl)c1. The number of nitrogens with zero attached hydrogens (tertiary/aromatic N) is 2. The lowest BCUT2D eigenvalue weighted by Crippen LogP contribution is -2.17. The second-order valence-corrected chi connectivity index (χ2v) is 8.48. The molecule has 3 aromatic rings. The number of carbonyl (C=O) groups excluding carboxylic acids is 1. The van der Waals surface area contributed by atoms with E-state index in [1.165, 1.54) is 43.5 Å². The Morgan fingerprint density at radius 2 is 1.87 bits per heavy atom. The van der Waals surface area contributed by atoms with E-state index >= 15 is 0 Å². The normalized spacial score (nSPS) is 12.0. The molecule has 11 heteroatoms. The number of aromatic nitrogens is 2. The highest BCUT2D eigenvalue weighted by Crippen LogP contribution is 2.35. The zero-order valence-electron chi connectivity index (χ0n) is 15.4. The summed E-state index contributed by atoms with van der Waals surface area (Å²) in [5.74, 6) is -1.63. The van der Waals surface area contributed by atoms with E-state index in [1.807, 2.05) is 0 Å². The Kier molecular flexibility index (Phi) is 5.91. The maximum Gasteiger partial charge on any atom is 0.418 e. The minimum atomic E-state index is -4.66. The third kappa shape index (κ3) is 4.34. The van der Waals surface area contributed by atoms with Crippen LogP contribution in [0.2, 0.25) is 5.15 Å². The molecule has 0 aliphatic heterocycles. The highest BCUT2D eigenvalue weighted by atomic mass is 35.5. The summed E-state index contributed by atoms with van der Waals surface area (Å²) >= 11 is 6.10. The van der Waals surface area contributed by atoms with Crippen molar-refractivity contribution in [2.45, 2.75) is 11.1 Å². The first-order chi connectivity index (χ1) is 14.0. The van der Waals surface area contributed by atoms with Crippen LogP contribution in [0.5, 0.6) is 5.75 Å². The van der Waals surface area contributed by atoms with Crippen molar-refractivity contribution in [1.29, 1.82) is 0 Å². The van der Waals surface area contributed by atoms with E-state index in [4.69, 9.17) is 16.3 Å². The molecule has 0 aliphatic rings. The summed E-state index contributed by atoms with van der Waals surface area (Å²) < 4.78 is 70.8. The Bertz CT molecular complexity index is 1210. The fourth-order valence-corrected chi connectivity index (χ4v) is 4.25. The molecular formula is C19H14ClF3N2O4S. The van der Waals surface area contributed by atoms with Gasteiger partial charge in [-0.25, -0.2) is 13.4 Å². The lowest BCUT2D eigenvalue weighted by atomic mass is 10.1. The summed E-state index contributed by atoms with van der Waals surface area (Å²) in [6, 6.07) is 10.1. The number of methoxy groups -OCH3 is 1. The van der Waals surface area contributed by atoms with Crippen LogP contribution in [0, 0.1) is 0 Å². The van der Waals surface area contributed by atoms with E-state index in [2.05, 4.69) is 4.98 Å². The van der Waals surface area contributed by atoms with Crippen molar-refractivity contribution in [2.75, 3.05) is 12.9 Å². The number of ketones is 1. The number of sulfone groups is 1. The number of hydrogen-bond donors (Lipinski definition) is 0. The van der Waals surface area contributed by atoms with Gasteiger partial charge in [-0.3, -0.25) is 9.36 Å². The van der Waals surface area contributed by atoms with E-state index in [-0.39, 0.29) is 16.3 Å². The molecule has 0 bridgehead atoms. The van der Waals surface area contributed by atoms with Gasteiger partial charge in [0.1, 0.15) is 28.7 Å². The molecule has 30 heavy (non-hydrogen) atoms. The fraction of sp³-hybridized carbons (Fsp3) is 0.158. The molecule has 158 valence electrons. The molecule has 3 rings (SSSR count). The van der Waals surface area contributed by atoms with Crippen molar-refractivity contribution in [2.24, 2.45) is 0 Å². The van der Waals surface area contributed by atoms with Crippen molar-refractivity contribution in [3.8, 4) is 11.4 Å². The molecule has 6 nitrogen and oxygen atoms in total. The first kappa shape index (κ1) is 21.8. The molecule has 0 unspecified atom stereocenters. The smallest absolute Gasteiger partial charge is 0.418 e. The Morgan fingerprint density at radius 1 is 1.17 bits per heavy atom. The number of benzene rings is 2. The second-order valence-electron chi connectivity index (χ2n) is 6.13. The van der Waals surface area contributed by atoms with Crippen LogP contribution in [-0.2, 0) is 16.0 Å². The predicted octanol–water partition coefficient (Wildman–Crippen LogP) is 4.21. The van der Waals surface area contributed by atoms with E-state index in [0.29, 0.717) is 0 Å². The van der Waals surface area contributed by atoms with Gasteiger partial charge in [0.05, 0.1) is 23.3 Å². The van der Waals surface area contributed by atoms with Gasteiger partial charge < -0.3 is 4.74 Å². The van der Waals surface area contributed by atoms with Crippen LogP contribution in [0.3, 0.4) is 0 Å².